The summed E-state index contributed by atoms with van der Waals surface area (Å²) >= 11 is 0. The Balaban J connectivity index is 1.75. The Bertz CT molecular complexity index is 992. The third-order valence-electron chi connectivity index (χ3n) is 3.86. The number of halogens is 1. The molecule has 2 aromatic carbocycles. The lowest BCUT2D eigenvalue weighted by Crippen LogP contribution is -2.32. The number of hydrogen-bond acceptors (Lipinski definition) is 4. The molecule has 0 saturated carbocycles. The van der Waals surface area contributed by atoms with E-state index in [1.165, 1.54) is 24.4 Å². The van der Waals surface area contributed by atoms with E-state index in [2.05, 4.69) is 20.8 Å². The Morgan fingerprint density at radius 3 is 2.32 bits per heavy atom. The van der Waals surface area contributed by atoms with E-state index in [9.17, 15) is 14.0 Å². The highest BCUT2D eigenvalue weighted by Gasteiger charge is 2.13. The Hall–Kier alpha value is -3.87. The molecule has 0 spiro atoms. The van der Waals surface area contributed by atoms with E-state index < -0.39 is 17.6 Å². The van der Waals surface area contributed by atoms with Gasteiger partial charge >= 0.3 is 0 Å². The number of carbonyl (C=O) groups excluding carboxylic acids is 2. The molecule has 0 aliphatic carbocycles. The van der Waals surface area contributed by atoms with Gasteiger partial charge in [-0.05, 0) is 29.8 Å². The summed E-state index contributed by atoms with van der Waals surface area (Å²) in [5, 5.41) is 6.77. The monoisotopic (exact) mass is 376 g/mol. The molecule has 3 rings (SSSR count). The second-order valence-electron chi connectivity index (χ2n) is 5.77. The van der Waals surface area contributed by atoms with Crippen LogP contribution >= 0.6 is 0 Å². The quantitative estimate of drug-likeness (QED) is 0.513. The van der Waals surface area contributed by atoms with Crippen molar-refractivity contribution in [3.8, 4) is 0 Å². The summed E-state index contributed by atoms with van der Waals surface area (Å²) in [6.07, 6.45) is 2.99. The second-order valence-corrected chi connectivity index (χ2v) is 5.77. The first-order chi connectivity index (χ1) is 13.6. The van der Waals surface area contributed by atoms with Crippen molar-refractivity contribution < 1.29 is 14.0 Å². The predicted octanol–water partition coefficient (Wildman–Crippen LogP) is 2.78. The summed E-state index contributed by atoms with van der Waals surface area (Å²) in [4.78, 5) is 28.3. The molecule has 0 atom stereocenters. The average molecular weight is 376 g/mol. The molecule has 0 aliphatic heterocycles. The van der Waals surface area contributed by atoms with E-state index in [0.717, 1.165) is 0 Å². The van der Waals surface area contributed by atoms with Gasteiger partial charge in [0.2, 0.25) is 0 Å². The average Bonchev–Trinajstić information content (AvgIpc) is 2.75. The fraction of sp³-hybridized carbons (Fsp3) is 0.0476. The van der Waals surface area contributed by atoms with Crippen LogP contribution < -0.4 is 10.7 Å². The van der Waals surface area contributed by atoms with Crippen LogP contribution in [0.4, 0.5) is 4.39 Å². The molecule has 140 valence electrons. The summed E-state index contributed by atoms with van der Waals surface area (Å²) in [6.45, 7) is 0.00446. The topological polar surface area (TPSA) is 83.5 Å². The molecule has 0 unspecified atom stereocenters. The van der Waals surface area contributed by atoms with Gasteiger partial charge in [0.15, 0.2) is 0 Å². The molecule has 2 N–H and O–H groups in total. The van der Waals surface area contributed by atoms with Gasteiger partial charge in [-0.3, -0.25) is 14.6 Å². The maximum atomic E-state index is 13.8. The van der Waals surface area contributed by atoms with Gasteiger partial charge in [-0.15, -0.1) is 0 Å². The number of pyridine rings is 1. The highest BCUT2D eigenvalue weighted by molar-refractivity contribution is 6.06. The minimum absolute atomic E-state index is 0.00446. The molecular weight excluding hydrogens is 359 g/mol. The van der Waals surface area contributed by atoms with Gasteiger partial charge in [-0.2, -0.15) is 5.10 Å². The van der Waals surface area contributed by atoms with Crippen LogP contribution in [0.1, 0.15) is 26.3 Å². The number of hydrazone groups is 1. The first-order valence-corrected chi connectivity index (χ1v) is 8.50. The van der Waals surface area contributed by atoms with Crippen molar-refractivity contribution in [2.45, 2.75) is 0 Å². The van der Waals surface area contributed by atoms with E-state index in [1.54, 1.807) is 36.5 Å². The number of hydrogen-bond donors (Lipinski definition) is 2. The highest BCUT2D eigenvalue weighted by atomic mass is 19.1. The molecule has 6 nitrogen and oxygen atoms in total. The Morgan fingerprint density at radius 1 is 0.893 bits per heavy atom. The smallest absolute Gasteiger partial charge is 0.272 e. The van der Waals surface area contributed by atoms with Gasteiger partial charge in [0.1, 0.15) is 5.82 Å². The largest absolute Gasteiger partial charge is 0.346 e. The van der Waals surface area contributed by atoms with Crippen LogP contribution in [0.2, 0.25) is 0 Å². The van der Waals surface area contributed by atoms with Crippen molar-refractivity contribution in [3.63, 3.8) is 0 Å². The van der Waals surface area contributed by atoms with Crippen LogP contribution in [-0.4, -0.2) is 29.1 Å². The van der Waals surface area contributed by atoms with Crippen LogP contribution in [0, 0.1) is 5.82 Å². The SMILES string of the molecule is O=C(NN=C(CNC(=O)c1ccccc1F)c1ccccc1)c1cccnc1. The van der Waals surface area contributed by atoms with Crippen molar-refractivity contribution >= 4 is 17.5 Å². The van der Waals surface area contributed by atoms with Gasteiger partial charge in [0, 0.05) is 12.4 Å². The minimum Gasteiger partial charge on any atom is -0.346 e. The lowest BCUT2D eigenvalue weighted by Gasteiger charge is -2.10. The van der Waals surface area contributed by atoms with Crippen LogP contribution in [0.3, 0.4) is 0 Å². The third-order valence-corrected chi connectivity index (χ3v) is 3.86. The van der Waals surface area contributed by atoms with Crippen LogP contribution in [0.15, 0.2) is 84.2 Å². The molecule has 0 saturated heterocycles. The summed E-state index contributed by atoms with van der Waals surface area (Å²) in [7, 11) is 0. The van der Waals surface area contributed by atoms with Crippen molar-refractivity contribution in [1.82, 2.24) is 15.7 Å². The number of rotatable bonds is 6. The summed E-state index contributed by atoms with van der Waals surface area (Å²) in [5.74, 6) is -1.61. The minimum atomic E-state index is -0.608. The normalized spacial score (nSPS) is 11.0. The van der Waals surface area contributed by atoms with E-state index in [1.807, 2.05) is 18.2 Å². The first-order valence-electron chi connectivity index (χ1n) is 8.50. The molecule has 7 heteroatoms. The fourth-order valence-electron chi connectivity index (χ4n) is 2.42. The van der Waals surface area contributed by atoms with E-state index >= 15 is 0 Å². The molecule has 0 radical (unpaired) electrons. The van der Waals surface area contributed by atoms with Gasteiger partial charge in [-0.25, -0.2) is 9.82 Å². The van der Waals surface area contributed by atoms with Crippen molar-refractivity contribution in [2.75, 3.05) is 6.54 Å². The van der Waals surface area contributed by atoms with Gasteiger partial charge in [-0.1, -0.05) is 42.5 Å². The molecule has 0 fully saturated rings. The van der Waals surface area contributed by atoms with Crippen LogP contribution in [-0.2, 0) is 0 Å². The van der Waals surface area contributed by atoms with Crippen molar-refractivity contribution in [2.24, 2.45) is 5.10 Å². The molecule has 1 heterocycles. The molecule has 0 bridgehead atoms. The summed E-state index contributed by atoms with van der Waals surface area (Å²) in [6, 6.07) is 18.0. The third kappa shape index (κ3) is 4.85. The van der Waals surface area contributed by atoms with Gasteiger partial charge in [0.05, 0.1) is 23.4 Å². The van der Waals surface area contributed by atoms with Crippen molar-refractivity contribution in [3.05, 3.63) is 102 Å². The summed E-state index contributed by atoms with van der Waals surface area (Å²) < 4.78 is 13.8. The first kappa shape index (κ1) is 18.9. The zero-order valence-electron chi connectivity index (χ0n) is 14.8. The zero-order chi connectivity index (χ0) is 19.8. The molecule has 2 amide bonds. The molecule has 28 heavy (non-hydrogen) atoms. The molecule has 3 aromatic rings. The van der Waals surface area contributed by atoms with Crippen LogP contribution in [0.5, 0.6) is 0 Å². The lowest BCUT2D eigenvalue weighted by molar-refractivity contribution is 0.0950. The zero-order valence-corrected chi connectivity index (χ0v) is 14.8. The molecule has 0 aliphatic rings. The Morgan fingerprint density at radius 2 is 1.61 bits per heavy atom. The number of nitrogens with zero attached hydrogens (tertiary/aromatic N) is 2. The highest BCUT2D eigenvalue weighted by Crippen LogP contribution is 2.06. The van der Waals surface area contributed by atoms with E-state index in [0.29, 0.717) is 16.8 Å². The van der Waals surface area contributed by atoms with Crippen molar-refractivity contribution in [1.29, 1.82) is 0 Å². The number of carbonyl (C=O) groups is 2. The number of benzene rings is 2. The Kier molecular flexibility index (Phi) is 6.20. The maximum Gasteiger partial charge on any atom is 0.272 e. The van der Waals surface area contributed by atoms with Gasteiger partial charge in [0.25, 0.3) is 11.8 Å². The van der Waals surface area contributed by atoms with E-state index in [4.69, 9.17) is 0 Å². The fourth-order valence-corrected chi connectivity index (χ4v) is 2.42. The number of amides is 2. The number of nitrogens with one attached hydrogen (secondary N) is 2. The molecule has 1 aromatic heterocycles. The maximum absolute atomic E-state index is 13.8. The van der Waals surface area contributed by atoms with Crippen LogP contribution in [0.25, 0.3) is 0 Å². The lowest BCUT2D eigenvalue weighted by atomic mass is 10.1. The standard InChI is InChI=1S/C21H17FN4O2/c22-18-11-5-4-10-17(18)21(28)24-14-19(15-7-2-1-3-8-15)25-26-20(27)16-9-6-12-23-13-16/h1-13H,14H2,(H,24,28)(H,26,27). The second kappa shape index (κ2) is 9.18. The Labute approximate surface area is 161 Å². The molecular formula is C21H17FN4O2. The summed E-state index contributed by atoms with van der Waals surface area (Å²) in [5.41, 5.74) is 3.88. The predicted molar refractivity (Wildman–Crippen MR) is 103 cm³/mol. The number of aromatic nitrogens is 1. The van der Waals surface area contributed by atoms with E-state index in [-0.39, 0.29) is 12.1 Å². The van der Waals surface area contributed by atoms with Gasteiger partial charge < -0.3 is 5.32 Å².